The zero-order chi connectivity index (χ0) is 10.8. The molecular weight excluding hydrogens is 186 g/mol. The Kier molecular flexibility index (Phi) is 2.91. The number of rotatable bonds is 4. The molecule has 2 rings (SSSR count). The first-order valence-corrected chi connectivity index (χ1v) is 5.60. The molecule has 0 aliphatic heterocycles. The van der Waals surface area contributed by atoms with Crippen LogP contribution in [0.5, 0.6) is 0 Å². The second-order valence-corrected chi connectivity index (χ2v) is 4.53. The van der Waals surface area contributed by atoms with E-state index in [9.17, 15) is 0 Å². The predicted molar refractivity (Wildman–Crippen MR) is 62.8 cm³/mol. The van der Waals surface area contributed by atoms with Gasteiger partial charge in [-0.1, -0.05) is 6.07 Å². The SMILES string of the molecule is C[C@@H](N)c1cccnc1N(C)CC1CC1. The van der Waals surface area contributed by atoms with Crippen LogP contribution in [0.1, 0.15) is 31.4 Å². The molecule has 1 atom stereocenters. The van der Waals surface area contributed by atoms with Gasteiger partial charge in [0.2, 0.25) is 0 Å². The van der Waals surface area contributed by atoms with Gasteiger partial charge in [-0.05, 0) is 31.7 Å². The van der Waals surface area contributed by atoms with Gasteiger partial charge in [-0.15, -0.1) is 0 Å². The van der Waals surface area contributed by atoms with E-state index in [-0.39, 0.29) is 6.04 Å². The highest BCUT2D eigenvalue weighted by molar-refractivity contribution is 5.47. The number of hydrogen-bond donors (Lipinski definition) is 1. The second-order valence-electron chi connectivity index (χ2n) is 4.53. The molecule has 2 N–H and O–H groups in total. The zero-order valence-electron chi connectivity index (χ0n) is 9.48. The summed E-state index contributed by atoms with van der Waals surface area (Å²) in [5.74, 6) is 1.91. The topological polar surface area (TPSA) is 42.1 Å². The minimum absolute atomic E-state index is 0.0513. The lowest BCUT2D eigenvalue weighted by molar-refractivity contribution is 0.749. The maximum Gasteiger partial charge on any atom is 0.133 e. The molecule has 1 aliphatic rings. The van der Waals surface area contributed by atoms with Crippen LogP contribution in [0.15, 0.2) is 18.3 Å². The number of aromatic nitrogens is 1. The highest BCUT2D eigenvalue weighted by atomic mass is 15.2. The van der Waals surface area contributed by atoms with Gasteiger partial charge in [0.25, 0.3) is 0 Å². The largest absolute Gasteiger partial charge is 0.359 e. The summed E-state index contributed by atoms with van der Waals surface area (Å²) >= 11 is 0. The van der Waals surface area contributed by atoms with E-state index in [0.29, 0.717) is 0 Å². The van der Waals surface area contributed by atoms with Gasteiger partial charge in [-0.25, -0.2) is 4.98 Å². The number of anilines is 1. The summed E-state index contributed by atoms with van der Waals surface area (Å²) in [6.07, 6.45) is 4.57. The van der Waals surface area contributed by atoms with E-state index >= 15 is 0 Å². The second kappa shape index (κ2) is 4.19. The van der Waals surface area contributed by atoms with Crippen LogP contribution >= 0.6 is 0 Å². The van der Waals surface area contributed by atoms with Crippen LogP contribution in [0, 0.1) is 5.92 Å². The van der Waals surface area contributed by atoms with Gasteiger partial charge >= 0.3 is 0 Å². The first-order valence-electron chi connectivity index (χ1n) is 5.60. The van der Waals surface area contributed by atoms with Gasteiger partial charge in [-0.3, -0.25) is 0 Å². The van der Waals surface area contributed by atoms with Gasteiger partial charge in [0, 0.05) is 31.4 Å². The van der Waals surface area contributed by atoms with E-state index in [0.717, 1.165) is 23.8 Å². The van der Waals surface area contributed by atoms with Crippen molar-refractivity contribution < 1.29 is 0 Å². The van der Waals surface area contributed by atoms with E-state index < -0.39 is 0 Å². The molecule has 1 heterocycles. The van der Waals surface area contributed by atoms with Crippen molar-refractivity contribution >= 4 is 5.82 Å². The molecule has 0 bridgehead atoms. The summed E-state index contributed by atoms with van der Waals surface area (Å²) in [5.41, 5.74) is 7.07. The standard InChI is InChI=1S/C12H19N3/c1-9(13)11-4-3-7-14-12(11)15(2)8-10-5-6-10/h3-4,7,9-10H,5-6,8,13H2,1-2H3/t9-/m1/s1. The van der Waals surface area contributed by atoms with Crippen LogP contribution in [0.4, 0.5) is 5.82 Å². The predicted octanol–water partition coefficient (Wildman–Crippen LogP) is 1.95. The van der Waals surface area contributed by atoms with Crippen molar-refractivity contribution in [1.29, 1.82) is 0 Å². The minimum atomic E-state index is 0.0513. The maximum atomic E-state index is 5.93. The van der Waals surface area contributed by atoms with E-state index in [2.05, 4.69) is 23.0 Å². The summed E-state index contributed by atoms with van der Waals surface area (Å²) in [5, 5.41) is 0. The molecule has 3 nitrogen and oxygen atoms in total. The average Bonchev–Trinajstić information content (AvgIpc) is 3.01. The lowest BCUT2D eigenvalue weighted by atomic mass is 10.1. The molecule has 1 aliphatic carbocycles. The number of pyridine rings is 1. The summed E-state index contributed by atoms with van der Waals surface area (Å²) in [4.78, 5) is 6.66. The Labute approximate surface area is 91.3 Å². The summed E-state index contributed by atoms with van der Waals surface area (Å²) in [7, 11) is 2.10. The van der Waals surface area contributed by atoms with Gasteiger partial charge in [-0.2, -0.15) is 0 Å². The molecule has 0 unspecified atom stereocenters. The first-order chi connectivity index (χ1) is 7.18. The van der Waals surface area contributed by atoms with E-state index in [1.165, 1.54) is 12.8 Å². The van der Waals surface area contributed by atoms with Crippen LogP contribution < -0.4 is 10.6 Å². The molecular formula is C12H19N3. The quantitative estimate of drug-likeness (QED) is 0.817. The number of nitrogens with two attached hydrogens (primary N) is 1. The molecule has 3 heteroatoms. The van der Waals surface area contributed by atoms with Gasteiger partial charge in [0.15, 0.2) is 0 Å². The summed E-state index contributed by atoms with van der Waals surface area (Å²) < 4.78 is 0. The highest BCUT2D eigenvalue weighted by Crippen LogP contribution is 2.31. The highest BCUT2D eigenvalue weighted by Gasteiger charge is 2.24. The van der Waals surface area contributed by atoms with Crippen molar-refractivity contribution in [2.75, 3.05) is 18.5 Å². The number of nitrogens with zero attached hydrogens (tertiary/aromatic N) is 2. The van der Waals surface area contributed by atoms with E-state index in [1.54, 1.807) is 0 Å². The van der Waals surface area contributed by atoms with Gasteiger partial charge < -0.3 is 10.6 Å². The molecule has 1 saturated carbocycles. The smallest absolute Gasteiger partial charge is 0.133 e. The van der Waals surface area contributed by atoms with E-state index in [1.807, 2.05) is 19.2 Å². The Hall–Kier alpha value is -1.09. The third-order valence-electron chi connectivity index (χ3n) is 2.90. The first kappa shape index (κ1) is 10.4. The molecule has 0 radical (unpaired) electrons. The molecule has 0 saturated heterocycles. The maximum absolute atomic E-state index is 5.93. The lowest BCUT2D eigenvalue weighted by Crippen LogP contribution is -2.24. The van der Waals surface area contributed by atoms with Crippen molar-refractivity contribution in [2.24, 2.45) is 11.7 Å². The fourth-order valence-electron chi connectivity index (χ4n) is 1.86. The monoisotopic (exact) mass is 205 g/mol. The third-order valence-corrected chi connectivity index (χ3v) is 2.90. The summed E-state index contributed by atoms with van der Waals surface area (Å²) in [6, 6.07) is 4.07. The van der Waals surface area contributed by atoms with Crippen LogP contribution in [0.2, 0.25) is 0 Å². The van der Waals surface area contributed by atoms with Crippen molar-refractivity contribution in [2.45, 2.75) is 25.8 Å². The van der Waals surface area contributed by atoms with Crippen LogP contribution in [0.25, 0.3) is 0 Å². The van der Waals surface area contributed by atoms with Crippen LogP contribution in [0.3, 0.4) is 0 Å². The average molecular weight is 205 g/mol. The van der Waals surface area contributed by atoms with Gasteiger partial charge in [0.1, 0.15) is 5.82 Å². The fourth-order valence-corrected chi connectivity index (χ4v) is 1.86. The van der Waals surface area contributed by atoms with Crippen molar-refractivity contribution in [1.82, 2.24) is 4.98 Å². The minimum Gasteiger partial charge on any atom is -0.359 e. The van der Waals surface area contributed by atoms with E-state index in [4.69, 9.17) is 5.73 Å². The Morgan fingerprint density at radius 3 is 2.93 bits per heavy atom. The normalized spacial score (nSPS) is 17.5. The molecule has 1 aromatic heterocycles. The van der Waals surface area contributed by atoms with Crippen LogP contribution in [-0.2, 0) is 0 Å². The summed E-state index contributed by atoms with van der Waals surface area (Å²) in [6.45, 7) is 3.11. The molecule has 82 valence electrons. The zero-order valence-corrected chi connectivity index (χ0v) is 9.48. The Balaban J connectivity index is 2.16. The Morgan fingerprint density at radius 1 is 1.60 bits per heavy atom. The fraction of sp³-hybridized carbons (Fsp3) is 0.583. The molecule has 0 spiro atoms. The molecule has 0 aromatic carbocycles. The Bertz CT molecular complexity index is 331. The molecule has 0 amide bonds. The lowest BCUT2D eigenvalue weighted by Gasteiger charge is -2.22. The van der Waals surface area contributed by atoms with Crippen molar-refractivity contribution in [3.05, 3.63) is 23.9 Å². The molecule has 1 fully saturated rings. The van der Waals surface area contributed by atoms with Gasteiger partial charge in [0.05, 0.1) is 0 Å². The molecule has 1 aromatic rings. The third kappa shape index (κ3) is 2.48. The Morgan fingerprint density at radius 2 is 2.33 bits per heavy atom. The number of hydrogen-bond acceptors (Lipinski definition) is 3. The van der Waals surface area contributed by atoms with Crippen molar-refractivity contribution in [3.63, 3.8) is 0 Å². The van der Waals surface area contributed by atoms with Crippen LogP contribution in [-0.4, -0.2) is 18.6 Å². The van der Waals surface area contributed by atoms with Crippen molar-refractivity contribution in [3.8, 4) is 0 Å². The molecule has 15 heavy (non-hydrogen) atoms.